The highest BCUT2D eigenvalue weighted by Gasteiger charge is 2.12. The molecule has 0 saturated carbocycles. The summed E-state index contributed by atoms with van der Waals surface area (Å²) in [7, 11) is 1.57. The summed E-state index contributed by atoms with van der Waals surface area (Å²) in [5.41, 5.74) is 7.44. The van der Waals surface area contributed by atoms with Gasteiger partial charge in [0.05, 0.1) is 12.2 Å². The number of esters is 1. The van der Waals surface area contributed by atoms with E-state index >= 15 is 0 Å². The molecule has 0 fully saturated rings. The van der Waals surface area contributed by atoms with Gasteiger partial charge in [-0.05, 0) is 25.0 Å². The van der Waals surface area contributed by atoms with Crippen molar-refractivity contribution in [2.24, 2.45) is 0 Å². The van der Waals surface area contributed by atoms with Crippen molar-refractivity contribution >= 4 is 17.6 Å². The zero-order valence-electron chi connectivity index (χ0n) is 10.7. The van der Waals surface area contributed by atoms with Crippen LogP contribution in [0.5, 0.6) is 0 Å². The Morgan fingerprint density at radius 1 is 1.39 bits per heavy atom. The van der Waals surface area contributed by atoms with Crippen LogP contribution in [0.3, 0.4) is 0 Å². The molecular formula is C13H18N2O3. The molecule has 0 aliphatic carbocycles. The molecule has 18 heavy (non-hydrogen) atoms. The van der Waals surface area contributed by atoms with Crippen molar-refractivity contribution in [3.63, 3.8) is 0 Å². The molecule has 98 valence electrons. The molecule has 3 N–H and O–H groups in total. The van der Waals surface area contributed by atoms with Gasteiger partial charge in [-0.3, -0.25) is 4.79 Å². The predicted octanol–water partition coefficient (Wildman–Crippen LogP) is 1.26. The van der Waals surface area contributed by atoms with Crippen LogP contribution in [-0.2, 0) is 9.53 Å². The molecule has 0 unspecified atom stereocenters. The van der Waals surface area contributed by atoms with Crippen molar-refractivity contribution in [3.8, 4) is 0 Å². The van der Waals surface area contributed by atoms with Gasteiger partial charge < -0.3 is 15.8 Å². The lowest BCUT2D eigenvalue weighted by molar-refractivity contribution is -0.120. The van der Waals surface area contributed by atoms with Crippen LogP contribution in [0, 0.1) is 6.92 Å². The lowest BCUT2D eigenvalue weighted by Crippen LogP contribution is -2.18. The minimum Gasteiger partial charge on any atom is -0.462 e. The maximum atomic E-state index is 11.7. The predicted molar refractivity (Wildman–Crippen MR) is 69.2 cm³/mol. The van der Waals surface area contributed by atoms with Crippen molar-refractivity contribution in [2.75, 3.05) is 19.4 Å². The third kappa shape index (κ3) is 3.76. The number of hydrogen-bond acceptors (Lipinski definition) is 4. The second-order valence-corrected chi connectivity index (χ2v) is 3.95. The van der Waals surface area contributed by atoms with Crippen molar-refractivity contribution in [1.29, 1.82) is 0 Å². The van der Waals surface area contributed by atoms with Gasteiger partial charge in [0.1, 0.15) is 0 Å². The number of nitrogens with two attached hydrogens (primary N) is 1. The maximum Gasteiger partial charge on any atom is 0.340 e. The highest BCUT2D eigenvalue weighted by Crippen LogP contribution is 2.17. The zero-order chi connectivity index (χ0) is 13.5. The van der Waals surface area contributed by atoms with Gasteiger partial charge in [-0.15, -0.1) is 0 Å². The Kier molecular flexibility index (Phi) is 5.17. The summed E-state index contributed by atoms with van der Waals surface area (Å²) in [4.78, 5) is 22.7. The van der Waals surface area contributed by atoms with E-state index in [1.165, 1.54) is 0 Å². The number of carbonyl (C=O) groups excluding carboxylic acids is 2. The van der Waals surface area contributed by atoms with Crippen molar-refractivity contribution in [2.45, 2.75) is 19.8 Å². The summed E-state index contributed by atoms with van der Waals surface area (Å²) >= 11 is 0. The number of anilines is 1. The summed E-state index contributed by atoms with van der Waals surface area (Å²) in [6, 6.07) is 5.22. The van der Waals surface area contributed by atoms with E-state index in [4.69, 9.17) is 10.5 Å². The molecule has 1 rings (SSSR count). The number of aryl methyl sites for hydroxylation is 1. The average molecular weight is 250 g/mol. The number of nitrogens with one attached hydrogen (secondary N) is 1. The van der Waals surface area contributed by atoms with Crippen LogP contribution in [0.2, 0.25) is 0 Å². The molecule has 5 nitrogen and oxygen atoms in total. The van der Waals surface area contributed by atoms with E-state index in [1.54, 1.807) is 19.2 Å². The second-order valence-electron chi connectivity index (χ2n) is 3.95. The van der Waals surface area contributed by atoms with Crippen LogP contribution in [0.1, 0.15) is 28.8 Å². The quantitative estimate of drug-likeness (QED) is 0.468. The minimum atomic E-state index is -0.451. The van der Waals surface area contributed by atoms with Crippen LogP contribution in [0.4, 0.5) is 5.69 Å². The fourth-order valence-electron chi connectivity index (χ4n) is 1.46. The van der Waals surface area contributed by atoms with Gasteiger partial charge in [0.15, 0.2) is 0 Å². The highest BCUT2D eigenvalue weighted by molar-refractivity contribution is 5.95. The molecule has 0 aliphatic heterocycles. The third-order valence-electron chi connectivity index (χ3n) is 2.60. The van der Waals surface area contributed by atoms with Gasteiger partial charge >= 0.3 is 5.97 Å². The van der Waals surface area contributed by atoms with Gasteiger partial charge in [-0.25, -0.2) is 4.79 Å². The second kappa shape index (κ2) is 6.64. The average Bonchev–Trinajstić information content (AvgIpc) is 2.37. The van der Waals surface area contributed by atoms with Crippen LogP contribution in [0.25, 0.3) is 0 Å². The highest BCUT2D eigenvalue weighted by atomic mass is 16.5. The summed E-state index contributed by atoms with van der Waals surface area (Å²) in [5, 5.41) is 2.50. The van der Waals surface area contributed by atoms with E-state index in [9.17, 15) is 9.59 Å². The first kappa shape index (κ1) is 14.0. The van der Waals surface area contributed by atoms with Crippen LogP contribution in [0.15, 0.2) is 18.2 Å². The number of nitrogen functional groups attached to an aromatic ring is 1. The van der Waals surface area contributed by atoms with E-state index in [0.717, 1.165) is 5.56 Å². The summed E-state index contributed by atoms with van der Waals surface area (Å²) in [5.74, 6) is -0.519. The minimum absolute atomic E-state index is 0.0684. The Labute approximate surface area is 106 Å². The first-order valence-electron chi connectivity index (χ1n) is 5.79. The summed E-state index contributed by atoms with van der Waals surface area (Å²) < 4.78 is 5.06. The zero-order valence-corrected chi connectivity index (χ0v) is 10.7. The SMILES string of the molecule is CNC(=O)CCCOC(=O)c1cccc(C)c1N. The molecule has 0 spiro atoms. The Balaban J connectivity index is 2.46. The smallest absolute Gasteiger partial charge is 0.340 e. The molecule has 5 heteroatoms. The fourth-order valence-corrected chi connectivity index (χ4v) is 1.46. The lowest BCUT2D eigenvalue weighted by atomic mass is 10.1. The summed E-state index contributed by atoms with van der Waals surface area (Å²) in [6.07, 6.45) is 0.838. The normalized spacial score (nSPS) is 9.89. The topological polar surface area (TPSA) is 81.4 Å². The Bertz CT molecular complexity index is 444. The number of carbonyl (C=O) groups is 2. The molecule has 0 aliphatic rings. The fraction of sp³-hybridized carbons (Fsp3) is 0.385. The Morgan fingerprint density at radius 3 is 2.78 bits per heavy atom. The number of benzene rings is 1. The Morgan fingerprint density at radius 2 is 2.11 bits per heavy atom. The van der Waals surface area contributed by atoms with Crippen molar-refractivity contribution in [3.05, 3.63) is 29.3 Å². The maximum absolute atomic E-state index is 11.7. The first-order chi connectivity index (χ1) is 8.56. The summed E-state index contributed by atoms with van der Waals surface area (Å²) in [6.45, 7) is 2.04. The standard InChI is InChI=1S/C13H18N2O3/c1-9-5-3-6-10(12(9)14)13(17)18-8-4-7-11(16)15-2/h3,5-6H,4,7-8,14H2,1-2H3,(H,15,16). The molecule has 0 radical (unpaired) electrons. The molecule has 1 amide bonds. The number of para-hydroxylation sites is 1. The lowest BCUT2D eigenvalue weighted by Gasteiger charge is -2.08. The van der Waals surface area contributed by atoms with E-state index in [1.807, 2.05) is 13.0 Å². The van der Waals surface area contributed by atoms with E-state index in [2.05, 4.69) is 5.32 Å². The number of ether oxygens (including phenoxy) is 1. The molecule has 0 atom stereocenters. The molecule has 0 heterocycles. The van der Waals surface area contributed by atoms with Crippen molar-refractivity contribution < 1.29 is 14.3 Å². The van der Waals surface area contributed by atoms with Crippen LogP contribution in [-0.4, -0.2) is 25.5 Å². The largest absolute Gasteiger partial charge is 0.462 e. The number of hydrogen-bond donors (Lipinski definition) is 2. The number of rotatable bonds is 5. The Hall–Kier alpha value is -2.04. The van der Waals surface area contributed by atoms with Gasteiger partial charge in [0.2, 0.25) is 5.91 Å². The molecule has 0 saturated heterocycles. The van der Waals surface area contributed by atoms with Gasteiger partial charge in [-0.1, -0.05) is 12.1 Å². The third-order valence-corrected chi connectivity index (χ3v) is 2.60. The van der Waals surface area contributed by atoms with Gasteiger partial charge in [0, 0.05) is 19.2 Å². The van der Waals surface area contributed by atoms with Crippen molar-refractivity contribution in [1.82, 2.24) is 5.32 Å². The molecule has 0 aromatic heterocycles. The monoisotopic (exact) mass is 250 g/mol. The van der Waals surface area contributed by atoms with Gasteiger partial charge in [0.25, 0.3) is 0 Å². The number of amides is 1. The van der Waals surface area contributed by atoms with E-state index in [-0.39, 0.29) is 12.5 Å². The molecule has 1 aromatic rings. The first-order valence-corrected chi connectivity index (χ1v) is 5.79. The van der Waals surface area contributed by atoms with Gasteiger partial charge in [-0.2, -0.15) is 0 Å². The molecule has 1 aromatic carbocycles. The van der Waals surface area contributed by atoms with Crippen LogP contribution >= 0.6 is 0 Å². The van der Waals surface area contributed by atoms with E-state index < -0.39 is 5.97 Å². The van der Waals surface area contributed by atoms with Crippen LogP contribution < -0.4 is 11.1 Å². The molecular weight excluding hydrogens is 232 g/mol. The van der Waals surface area contributed by atoms with E-state index in [0.29, 0.717) is 24.1 Å². The molecule has 0 bridgehead atoms.